The van der Waals surface area contributed by atoms with Gasteiger partial charge < -0.3 is 4.74 Å². The Hall–Kier alpha value is -2.99. The van der Waals surface area contributed by atoms with Crippen LogP contribution in [0.4, 0.5) is 5.13 Å². The predicted octanol–water partition coefficient (Wildman–Crippen LogP) is 4.65. The van der Waals surface area contributed by atoms with E-state index < -0.39 is 0 Å². The molecule has 3 aromatic rings. The molecule has 0 radical (unpaired) electrons. The topological polar surface area (TPSA) is 68.3 Å². The number of nitrogens with zero attached hydrogens (tertiary/aromatic N) is 1. The summed E-state index contributed by atoms with van der Waals surface area (Å²) in [4.78, 5) is 27.9. The van der Waals surface area contributed by atoms with Gasteiger partial charge in [0.25, 0.3) is 5.91 Å². The number of carbonyl (C=O) groups is 2. The highest BCUT2D eigenvalue weighted by Gasteiger charge is 2.11. The largest absolute Gasteiger partial charge is 0.484 e. The fourth-order valence-corrected chi connectivity index (χ4v) is 3.28. The Morgan fingerprint density at radius 1 is 1.11 bits per heavy atom. The van der Waals surface area contributed by atoms with Gasteiger partial charge in [-0.05, 0) is 56.7 Å². The highest BCUT2D eigenvalue weighted by molar-refractivity contribution is 7.14. The average molecular weight is 380 g/mol. The van der Waals surface area contributed by atoms with Crippen molar-refractivity contribution in [2.75, 3.05) is 11.9 Å². The molecule has 0 unspecified atom stereocenters. The smallest absolute Gasteiger partial charge is 0.264 e. The average Bonchev–Trinajstić information content (AvgIpc) is 3.10. The predicted molar refractivity (Wildman–Crippen MR) is 108 cm³/mol. The second-order valence-corrected chi connectivity index (χ2v) is 7.13. The van der Waals surface area contributed by atoms with Crippen LogP contribution in [0.2, 0.25) is 0 Å². The Labute approximate surface area is 162 Å². The summed E-state index contributed by atoms with van der Waals surface area (Å²) >= 11 is 1.38. The van der Waals surface area contributed by atoms with E-state index in [1.807, 2.05) is 19.2 Å². The van der Waals surface area contributed by atoms with E-state index in [0.29, 0.717) is 16.4 Å². The Morgan fingerprint density at radius 3 is 2.56 bits per heavy atom. The first-order valence-electron chi connectivity index (χ1n) is 8.49. The van der Waals surface area contributed by atoms with Gasteiger partial charge >= 0.3 is 0 Å². The Kier molecular flexibility index (Phi) is 5.66. The van der Waals surface area contributed by atoms with Crippen LogP contribution in [0.15, 0.2) is 47.8 Å². The zero-order valence-electron chi connectivity index (χ0n) is 15.4. The molecule has 27 heavy (non-hydrogen) atoms. The van der Waals surface area contributed by atoms with Gasteiger partial charge in [-0.25, -0.2) is 4.98 Å². The van der Waals surface area contributed by atoms with Crippen molar-refractivity contribution in [2.45, 2.75) is 20.8 Å². The molecule has 1 amide bonds. The lowest BCUT2D eigenvalue weighted by atomic mass is 10.0. The quantitative estimate of drug-likeness (QED) is 0.632. The maximum absolute atomic E-state index is 12.1. The lowest BCUT2D eigenvalue weighted by Gasteiger charge is -2.06. The van der Waals surface area contributed by atoms with Gasteiger partial charge in [-0.15, -0.1) is 11.3 Å². The van der Waals surface area contributed by atoms with Crippen molar-refractivity contribution in [2.24, 2.45) is 0 Å². The van der Waals surface area contributed by atoms with Crippen molar-refractivity contribution in [3.63, 3.8) is 0 Å². The second kappa shape index (κ2) is 8.14. The molecule has 1 aromatic heterocycles. The molecule has 0 spiro atoms. The zero-order valence-corrected chi connectivity index (χ0v) is 16.2. The number of aromatic nitrogens is 1. The maximum atomic E-state index is 12.1. The molecule has 0 fully saturated rings. The standard InChI is InChI=1S/C21H20N2O3S/c1-13-4-5-14(2)18(10-13)19-12-27-21(22-19)23-20(25)11-26-17-8-6-16(7-9-17)15(3)24/h4-10,12H,11H2,1-3H3,(H,22,23,25). The summed E-state index contributed by atoms with van der Waals surface area (Å²) in [5.41, 5.74) is 4.82. The number of hydrogen-bond donors (Lipinski definition) is 1. The number of anilines is 1. The third-order valence-electron chi connectivity index (χ3n) is 4.05. The van der Waals surface area contributed by atoms with Gasteiger partial charge in [-0.1, -0.05) is 17.7 Å². The summed E-state index contributed by atoms with van der Waals surface area (Å²) in [7, 11) is 0. The molecular weight excluding hydrogens is 360 g/mol. The highest BCUT2D eigenvalue weighted by Crippen LogP contribution is 2.28. The first-order chi connectivity index (χ1) is 12.9. The van der Waals surface area contributed by atoms with Crippen molar-refractivity contribution < 1.29 is 14.3 Å². The Bertz CT molecular complexity index is 977. The molecule has 138 valence electrons. The van der Waals surface area contributed by atoms with Crippen LogP contribution >= 0.6 is 11.3 Å². The number of rotatable bonds is 6. The van der Waals surface area contributed by atoms with Gasteiger partial charge in [0, 0.05) is 16.5 Å². The lowest BCUT2D eigenvalue weighted by Crippen LogP contribution is -2.20. The van der Waals surface area contributed by atoms with E-state index in [4.69, 9.17) is 4.74 Å². The van der Waals surface area contributed by atoms with E-state index >= 15 is 0 Å². The molecule has 2 aromatic carbocycles. The fourth-order valence-electron chi connectivity index (χ4n) is 2.56. The molecule has 5 nitrogen and oxygen atoms in total. The number of nitrogens with one attached hydrogen (secondary N) is 1. The van der Waals surface area contributed by atoms with Crippen molar-refractivity contribution in [3.8, 4) is 17.0 Å². The first-order valence-corrected chi connectivity index (χ1v) is 9.37. The highest BCUT2D eigenvalue weighted by atomic mass is 32.1. The second-order valence-electron chi connectivity index (χ2n) is 6.27. The SMILES string of the molecule is CC(=O)c1ccc(OCC(=O)Nc2nc(-c3cc(C)ccc3C)cs2)cc1. The van der Waals surface area contributed by atoms with Gasteiger partial charge in [0.1, 0.15) is 5.75 Å². The number of carbonyl (C=O) groups excluding carboxylic acids is 2. The molecule has 1 heterocycles. The van der Waals surface area contributed by atoms with Crippen molar-refractivity contribution in [3.05, 3.63) is 64.5 Å². The van der Waals surface area contributed by atoms with E-state index in [0.717, 1.165) is 16.8 Å². The van der Waals surface area contributed by atoms with Crippen molar-refractivity contribution >= 4 is 28.2 Å². The molecule has 6 heteroatoms. The van der Waals surface area contributed by atoms with Crippen molar-refractivity contribution in [1.82, 2.24) is 4.98 Å². The zero-order chi connectivity index (χ0) is 19.4. The summed E-state index contributed by atoms with van der Waals surface area (Å²) < 4.78 is 5.45. The van der Waals surface area contributed by atoms with Crippen LogP contribution in [0, 0.1) is 13.8 Å². The van der Waals surface area contributed by atoms with Gasteiger partial charge in [-0.2, -0.15) is 0 Å². The van der Waals surface area contributed by atoms with Crippen LogP contribution in [0.3, 0.4) is 0 Å². The van der Waals surface area contributed by atoms with Crippen LogP contribution in [-0.2, 0) is 4.79 Å². The van der Waals surface area contributed by atoms with Crippen molar-refractivity contribution in [1.29, 1.82) is 0 Å². The maximum Gasteiger partial charge on any atom is 0.264 e. The van der Waals surface area contributed by atoms with Crippen LogP contribution < -0.4 is 10.1 Å². The minimum atomic E-state index is -0.285. The number of hydrogen-bond acceptors (Lipinski definition) is 5. The number of Topliss-reactive ketones (excluding diaryl/α,β-unsaturated/α-hetero) is 1. The summed E-state index contributed by atoms with van der Waals surface area (Å²) in [5.74, 6) is 0.237. The van der Waals surface area contributed by atoms with E-state index in [-0.39, 0.29) is 18.3 Å². The Balaban J connectivity index is 1.59. The van der Waals surface area contributed by atoms with E-state index in [9.17, 15) is 9.59 Å². The van der Waals surface area contributed by atoms with Crippen LogP contribution in [0.5, 0.6) is 5.75 Å². The van der Waals surface area contributed by atoms with Crippen LogP contribution in [0.25, 0.3) is 11.3 Å². The number of benzene rings is 2. The molecule has 1 N–H and O–H groups in total. The Morgan fingerprint density at radius 2 is 1.85 bits per heavy atom. The fraction of sp³-hybridized carbons (Fsp3) is 0.190. The summed E-state index contributed by atoms with van der Waals surface area (Å²) in [6, 6.07) is 12.9. The first kappa shape index (κ1) is 18.8. The number of ether oxygens (including phenoxy) is 1. The van der Waals surface area contributed by atoms with Crippen LogP contribution in [0.1, 0.15) is 28.4 Å². The molecule has 0 aliphatic heterocycles. The lowest BCUT2D eigenvalue weighted by molar-refractivity contribution is -0.118. The monoisotopic (exact) mass is 380 g/mol. The number of amides is 1. The summed E-state index contributed by atoms with van der Waals surface area (Å²) in [6.07, 6.45) is 0. The van der Waals surface area contributed by atoms with Crippen LogP contribution in [-0.4, -0.2) is 23.3 Å². The third kappa shape index (κ3) is 4.80. The third-order valence-corrected chi connectivity index (χ3v) is 4.81. The molecule has 0 aliphatic rings. The van der Waals surface area contributed by atoms with Gasteiger partial charge in [-0.3, -0.25) is 14.9 Å². The molecule has 0 saturated heterocycles. The van der Waals surface area contributed by atoms with E-state index in [2.05, 4.69) is 28.5 Å². The molecule has 0 bridgehead atoms. The normalized spacial score (nSPS) is 10.5. The molecule has 0 saturated carbocycles. The molecular formula is C21H20N2O3S. The van der Waals surface area contributed by atoms with Gasteiger partial charge in [0.05, 0.1) is 5.69 Å². The summed E-state index contributed by atoms with van der Waals surface area (Å²) in [5, 5.41) is 5.22. The van der Waals surface area contributed by atoms with E-state index in [1.54, 1.807) is 24.3 Å². The number of ketones is 1. The van der Waals surface area contributed by atoms with Gasteiger partial charge in [0.2, 0.25) is 0 Å². The minimum Gasteiger partial charge on any atom is -0.484 e. The molecule has 0 aliphatic carbocycles. The number of thiazole rings is 1. The molecule has 3 rings (SSSR count). The van der Waals surface area contributed by atoms with Gasteiger partial charge in [0.15, 0.2) is 17.5 Å². The molecule has 0 atom stereocenters. The summed E-state index contributed by atoms with van der Waals surface area (Å²) in [6.45, 7) is 5.46. The van der Waals surface area contributed by atoms with E-state index in [1.165, 1.54) is 23.8 Å². The minimum absolute atomic E-state index is 0.0114. The number of aryl methyl sites for hydroxylation is 2.